The van der Waals surface area contributed by atoms with Crippen molar-refractivity contribution in [1.29, 1.82) is 0 Å². The highest BCUT2D eigenvalue weighted by Gasteiger charge is 2.16. The number of rotatable bonds is 2. The molecular formula is C21H15BrO. The van der Waals surface area contributed by atoms with Crippen LogP contribution in [0.2, 0.25) is 0 Å². The van der Waals surface area contributed by atoms with E-state index in [1.807, 2.05) is 6.07 Å². The van der Waals surface area contributed by atoms with Crippen molar-refractivity contribution in [3.05, 3.63) is 77.3 Å². The predicted molar refractivity (Wildman–Crippen MR) is 101 cm³/mol. The number of halogens is 1. The van der Waals surface area contributed by atoms with Crippen LogP contribution in [0.25, 0.3) is 32.7 Å². The third-order valence-corrected chi connectivity index (χ3v) is 4.90. The van der Waals surface area contributed by atoms with Gasteiger partial charge in [-0.05, 0) is 33.7 Å². The molecule has 0 atom stereocenters. The fourth-order valence-corrected chi connectivity index (χ4v) is 3.72. The van der Waals surface area contributed by atoms with Crippen LogP contribution in [0.15, 0.2) is 77.3 Å². The van der Waals surface area contributed by atoms with E-state index >= 15 is 0 Å². The summed E-state index contributed by atoms with van der Waals surface area (Å²) >= 11 is 3.75. The molecule has 112 valence electrons. The van der Waals surface area contributed by atoms with Gasteiger partial charge in [0.2, 0.25) is 0 Å². The first-order valence-electron chi connectivity index (χ1n) is 7.53. The summed E-state index contributed by atoms with van der Waals surface area (Å²) in [4.78, 5) is 0. The lowest BCUT2D eigenvalue weighted by Gasteiger charge is -2.16. The van der Waals surface area contributed by atoms with E-state index in [1.165, 1.54) is 27.1 Å². The van der Waals surface area contributed by atoms with Crippen LogP contribution < -0.4 is 4.74 Å². The van der Waals surface area contributed by atoms with Crippen molar-refractivity contribution in [1.82, 2.24) is 0 Å². The molecule has 0 heterocycles. The Labute approximate surface area is 143 Å². The van der Waals surface area contributed by atoms with E-state index in [-0.39, 0.29) is 0 Å². The lowest BCUT2D eigenvalue weighted by atomic mass is 9.93. The number of hydrogen-bond donors (Lipinski definition) is 0. The Kier molecular flexibility index (Phi) is 3.55. The third kappa shape index (κ3) is 2.30. The number of fused-ring (bicyclic) bond motifs is 2. The molecule has 4 aromatic rings. The molecule has 4 rings (SSSR count). The van der Waals surface area contributed by atoms with Gasteiger partial charge in [-0.2, -0.15) is 0 Å². The SMILES string of the molecule is COc1ccc2ccccc2c1-c1c(Br)ccc2ccccc12. The maximum absolute atomic E-state index is 5.69. The van der Waals surface area contributed by atoms with Gasteiger partial charge in [0.1, 0.15) is 5.75 Å². The van der Waals surface area contributed by atoms with Crippen LogP contribution in [0, 0.1) is 0 Å². The molecule has 2 heteroatoms. The Hall–Kier alpha value is -2.32. The summed E-state index contributed by atoms with van der Waals surface area (Å²) in [5.41, 5.74) is 2.31. The summed E-state index contributed by atoms with van der Waals surface area (Å²) in [7, 11) is 1.73. The number of benzene rings is 4. The Morgan fingerprint density at radius 2 is 1.22 bits per heavy atom. The van der Waals surface area contributed by atoms with Gasteiger partial charge in [0.25, 0.3) is 0 Å². The molecule has 0 N–H and O–H groups in total. The zero-order chi connectivity index (χ0) is 15.8. The summed E-state index contributed by atoms with van der Waals surface area (Å²) < 4.78 is 6.77. The van der Waals surface area contributed by atoms with Crippen LogP contribution in [0.4, 0.5) is 0 Å². The van der Waals surface area contributed by atoms with Crippen molar-refractivity contribution in [3.63, 3.8) is 0 Å². The Balaban J connectivity index is 2.21. The van der Waals surface area contributed by atoms with Crippen LogP contribution in [-0.4, -0.2) is 7.11 Å². The van der Waals surface area contributed by atoms with Crippen molar-refractivity contribution in [2.24, 2.45) is 0 Å². The van der Waals surface area contributed by atoms with Gasteiger partial charge in [0.15, 0.2) is 0 Å². The van der Waals surface area contributed by atoms with Gasteiger partial charge in [-0.1, -0.05) is 76.6 Å². The molecular weight excluding hydrogens is 348 g/mol. The smallest absolute Gasteiger partial charge is 0.127 e. The lowest BCUT2D eigenvalue weighted by molar-refractivity contribution is 0.417. The van der Waals surface area contributed by atoms with Gasteiger partial charge < -0.3 is 4.74 Å². The molecule has 0 aromatic heterocycles. The standard InChI is InChI=1S/C21H15BrO/c1-23-19-13-11-15-7-3-5-9-17(15)21(19)20-16-8-4-2-6-14(16)10-12-18(20)22/h2-13H,1H3. The first-order valence-corrected chi connectivity index (χ1v) is 8.32. The molecule has 0 saturated carbocycles. The second-order valence-corrected chi connectivity index (χ2v) is 6.36. The Morgan fingerprint density at radius 1 is 0.652 bits per heavy atom. The van der Waals surface area contributed by atoms with Gasteiger partial charge in [-0.25, -0.2) is 0 Å². The molecule has 0 spiro atoms. The summed E-state index contributed by atoms with van der Waals surface area (Å²) in [6, 6.07) is 25.3. The van der Waals surface area contributed by atoms with Crippen molar-refractivity contribution >= 4 is 37.5 Å². The first-order chi connectivity index (χ1) is 11.3. The van der Waals surface area contributed by atoms with Gasteiger partial charge >= 0.3 is 0 Å². The van der Waals surface area contributed by atoms with Gasteiger partial charge in [-0.3, -0.25) is 0 Å². The van der Waals surface area contributed by atoms with Crippen LogP contribution in [0.3, 0.4) is 0 Å². The average molecular weight is 363 g/mol. The summed E-state index contributed by atoms with van der Waals surface area (Å²) in [5, 5.41) is 4.85. The minimum absolute atomic E-state index is 0.890. The van der Waals surface area contributed by atoms with E-state index in [1.54, 1.807) is 7.11 Å². The molecule has 0 bridgehead atoms. The minimum Gasteiger partial charge on any atom is -0.496 e. The zero-order valence-corrected chi connectivity index (χ0v) is 14.3. The van der Waals surface area contributed by atoms with Crippen LogP contribution in [0.5, 0.6) is 5.75 Å². The summed E-state index contributed by atoms with van der Waals surface area (Å²) in [5.74, 6) is 0.890. The second-order valence-electron chi connectivity index (χ2n) is 5.51. The molecule has 0 aliphatic heterocycles. The molecule has 1 nitrogen and oxygen atoms in total. The Morgan fingerprint density at radius 3 is 1.87 bits per heavy atom. The lowest BCUT2D eigenvalue weighted by Crippen LogP contribution is -1.92. The fraction of sp³-hybridized carbons (Fsp3) is 0.0476. The largest absolute Gasteiger partial charge is 0.496 e. The molecule has 0 saturated heterocycles. The van der Waals surface area contributed by atoms with Crippen LogP contribution in [-0.2, 0) is 0 Å². The molecule has 0 fully saturated rings. The maximum atomic E-state index is 5.69. The van der Waals surface area contributed by atoms with Crippen molar-refractivity contribution in [3.8, 4) is 16.9 Å². The van der Waals surface area contributed by atoms with Crippen LogP contribution in [0.1, 0.15) is 0 Å². The predicted octanol–water partition coefficient (Wildman–Crippen LogP) is 6.43. The topological polar surface area (TPSA) is 9.23 Å². The van der Waals surface area contributed by atoms with Gasteiger partial charge in [0.05, 0.1) is 7.11 Å². The van der Waals surface area contributed by atoms with E-state index < -0.39 is 0 Å². The van der Waals surface area contributed by atoms with Crippen molar-refractivity contribution < 1.29 is 4.74 Å². The molecule has 0 amide bonds. The van der Waals surface area contributed by atoms with E-state index in [0.717, 1.165) is 15.8 Å². The maximum Gasteiger partial charge on any atom is 0.127 e. The molecule has 4 aromatic carbocycles. The summed E-state index contributed by atoms with van der Waals surface area (Å²) in [6.07, 6.45) is 0. The minimum atomic E-state index is 0.890. The normalized spacial score (nSPS) is 11.0. The molecule has 0 unspecified atom stereocenters. The van der Waals surface area contributed by atoms with Gasteiger partial charge in [-0.15, -0.1) is 0 Å². The van der Waals surface area contributed by atoms with E-state index in [9.17, 15) is 0 Å². The van der Waals surface area contributed by atoms with E-state index in [2.05, 4.69) is 82.7 Å². The zero-order valence-electron chi connectivity index (χ0n) is 12.7. The van der Waals surface area contributed by atoms with Gasteiger partial charge in [0, 0.05) is 15.6 Å². The molecule has 0 radical (unpaired) electrons. The molecule has 0 aliphatic carbocycles. The monoisotopic (exact) mass is 362 g/mol. The number of ether oxygens (including phenoxy) is 1. The third-order valence-electron chi connectivity index (χ3n) is 4.24. The van der Waals surface area contributed by atoms with E-state index in [0.29, 0.717) is 0 Å². The fourth-order valence-electron chi connectivity index (χ4n) is 3.18. The highest BCUT2D eigenvalue weighted by molar-refractivity contribution is 9.10. The summed E-state index contributed by atoms with van der Waals surface area (Å²) in [6.45, 7) is 0. The van der Waals surface area contributed by atoms with Crippen LogP contribution >= 0.6 is 15.9 Å². The van der Waals surface area contributed by atoms with Crippen molar-refractivity contribution in [2.45, 2.75) is 0 Å². The first kappa shape index (κ1) is 14.3. The highest BCUT2D eigenvalue weighted by Crippen LogP contribution is 2.43. The van der Waals surface area contributed by atoms with E-state index in [4.69, 9.17) is 4.74 Å². The quantitative estimate of drug-likeness (QED) is 0.399. The number of methoxy groups -OCH3 is 1. The average Bonchev–Trinajstić information content (AvgIpc) is 2.61. The molecule has 23 heavy (non-hydrogen) atoms. The molecule has 0 aliphatic rings. The Bertz CT molecular complexity index is 1020. The van der Waals surface area contributed by atoms with Crippen molar-refractivity contribution in [2.75, 3.05) is 7.11 Å². The second kappa shape index (κ2) is 5.71. The highest BCUT2D eigenvalue weighted by atomic mass is 79.9. The number of hydrogen-bond acceptors (Lipinski definition) is 1.